The van der Waals surface area contributed by atoms with Crippen molar-refractivity contribution in [3.63, 3.8) is 0 Å². The largest absolute Gasteiger partial charge is 0.352 e. The highest BCUT2D eigenvalue weighted by Crippen LogP contribution is 2.17. The van der Waals surface area contributed by atoms with E-state index < -0.39 is 5.91 Å². The molecule has 0 aliphatic rings. The van der Waals surface area contributed by atoms with Crippen LogP contribution in [0.25, 0.3) is 0 Å². The number of rotatable bonds is 4. The zero-order valence-corrected chi connectivity index (χ0v) is 12.2. The van der Waals surface area contributed by atoms with Crippen LogP contribution in [0.3, 0.4) is 0 Å². The minimum Gasteiger partial charge on any atom is -0.352 e. The average molecular weight is 287 g/mol. The number of amides is 2. The van der Waals surface area contributed by atoms with E-state index in [1.807, 2.05) is 13.8 Å². The predicted molar refractivity (Wildman–Crippen MR) is 78.3 cm³/mol. The first-order valence-corrected chi connectivity index (χ1v) is 6.60. The maximum Gasteiger partial charge on any atom is 0.295 e. The monoisotopic (exact) mass is 287 g/mol. The van der Waals surface area contributed by atoms with E-state index in [1.165, 1.54) is 0 Å². The SMILES string of the molecule is CCNC(=O)c1ccc(NC(=O)c2n[nH]c(C)n2)c(C)c1. The zero-order valence-electron chi connectivity index (χ0n) is 12.2. The fraction of sp³-hybridized carbons (Fsp3) is 0.286. The van der Waals surface area contributed by atoms with Crippen LogP contribution in [0.5, 0.6) is 0 Å². The molecule has 21 heavy (non-hydrogen) atoms. The van der Waals surface area contributed by atoms with E-state index in [2.05, 4.69) is 25.8 Å². The van der Waals surface area contributed by atoms with Crippen molar-refractivity contribution in [2.45, 2.75) is 20.8 Å². The fourth-order valence-electron chi connectivity index (χ4n) is 1.83. The number of aryl methyl sites for hydroxylation is 2. The van der Waals surface area contributed by atoms with Crippen molar-refractivity contribution in [1.29, 1.82) is 0 Å². The number of carbonyl (C=O) groups excluding carboxylic acids is 2. The summed E-state index contributed by atoms with van der Waals surface area (Å²) in [6.07, 6.45) is 0. The van der Waals surface area contributed by atoms with Gasteiger partial charge in [0, 0.05) is 17.8 Å². The summed E-state index contributed by atoms with van der Waals surface area (Å²) in [5, 5.41) is 11.9. The molecule has 1 heterocycles. The highest BCUT2D eigenvalue weighted by atomic mass is 16.2. The van der Waals surface area contributed by atoms with Crippen LogP contribution in [0.1, 0.15) is 39.3 Å². The molecule has 3 N–H and O–H groups in total. The lowest BCUT2D eigenvalue weighted by Gasteiger charge is -2.09. The Morgan fingerprint density at radius 2 is 2.00 bits per heavy atom. The van der Waals surface area contributed by atoms with E-state index in [-0.39, 0.29) is 11.7 Å². The first-order chi connectivity index (χ1) is 10.0. The molecule has 2 aromatic rings. The summed E-state index contributed by atoms with van der Waals surface area (Å²) in [6.45, 7) is 5.97. The average Bonchev–Trinajstić information content (AvgIpc) is 2.88. The van der Waals surface area contributed by atoms with Gasteiger partial charge in [0.2, 0.25) is 5.82 Å². The molecule has 7 heteroatoms. The third-order valence-electron chi connectivity index (χ3n) is 2.87. The summed E-state index contributed by atoms with van der Waals surface area (Å²) >= 11 is 0. The molecule has 0 atom stereocenters. The van der Waals surface area contributed by atoms with Crippen LogP contribution >= 0.6 is 0 Å². The van der Waals surface area contributed by atoms with Gasteiger partial charge in [-0.25, -0.2) is 4.98 Å². The van der Waals surface area contributed by atoms with E-state index in [0.29, 0.717) is 23.6 Å². The van der Waals surface area contributed by atoms with Crippen molar-refractivity contribution in [3.8, 4) is 0 Å². The smallest absolute Gasteiger partial charge is 0.295 e. The maximum atomic E-state index is 12.0. The number of nitrogens with one attached hydrogen (secondary N) is 3. The van der Waals surface area contributed by atoms with E-state index >= 15 is 0 Å². The van der Waals surface area contributed by atoms with Crippen molar-refractivity contribution >= 4 is 17.5 Å². The molecule has 1 aromatic carbocycles. The lowest BCUT2D eigenvalue weighted by atomic mass is 10.1. The second kappa shape index (κ2) is 6.17. The molecule has 7 nitrogen and oxygen atoms in total. The quantitative estimate of drug-likeness (QED) is 0.791. The van der Waals surface area contributed by atoms with Gasteiger partial charge in [-0.1, -0.05) is 0 Å². The highest BCUT2D eigenvalue weighted by Gasteiger charge is 2.13. The second-order valence-electron chi connectivity index (χ2n) is 4.59. The summed E-state index contributed by atoms with van der Waals surface area (Å²) < 4.78 is 0. The molecule has 110 valence electrons. The van der Waals surface area contributed by atoms with Gasteiger partial charge in [-0.2, -0.15) is 0 Å². The van der Waals surface area contributed by atoms with Crippen molar-refractivity contribution in [2.24, 2.45) is 0 Å². The van der Waals surface area contributed by atoms with Crippen LogP contribution in [-0.4, -0.2) is 33.5 Å². The van der Waals surface area contributed by atoms with Gasteiger partial charge in [0.15, 0.2) is 0 Å². The van der Waals surface area contributed by atoms with Gasteiger partial charge in [0.1, 0.15) is 5.82 Å². The number of anilines is 1. The Morgan fingerprint density at radius 3 is 2.57 bits per heavy atom. The Balaban J connectivity index is 2.14. The van der Waals surface area contributed by atoms with Crippen molar-refractivity contribution in [1.82, 2.24) is 20.5 Å². The summed E-state index contributed by atoms with van der Waals surface area (Å²) in [7, 11) is 0. The van der Waals surface area contributed by atoms with Crippen LogP contribution in [0.2, 0.25) is 0 Å². The summed E-state index contributed by atoms with van der Waals surface area (Å²) in [5.41, 5.74) is 1.97. The Hall–Kier alpha value is -2.70. The number of aromatic amines is 1. The number of H-pyrrole nitrogens is 1. The van der Waals surface area contributed by atoms with Crippen LogP contribution in [0.15, 0.2) is 18.2 Å². The van der Waals surface area contributed by atoms with Gasteiger partial charge < -0.3 is 10.6 Å². The van der Waals surface area contributed by atoms with Crippen molar-refractivity contribution in [3.05, 3.63) is 41.0 Å². The molecule has 0 bridgehead atoms. The van der Waals surface area contributed by atoms with Crippen LogP contribution < -0.4 is 10.6 Å². The lowest BCUT2D eigenvalue weighted by molar-refractivity contribution is 0.0955. The number of nitrogens with zero attached hydrogens (tertiary/aromatic N) is 2. The van der Waals surface area contributed by atoms with Crippen LogP contribution in [-0.2, 0) is 0 Å². The minimum absolute atomic E-state index is 0.0831. The molecule has 0 saturated carbocycles. The van der Waals surface area contributed by atoms with Gasteiger partial charge in [0.25, 0.3) is 11.8 Å². The Bertz CT molecular complexity index is 678. The fourth-order valence-corrected chi connectivity index (χ4v) is 1.83. The van der Waals surface area contributed by atoms with Gasteiger partial charge >= 0.3 is 0 Å². The van der Waals surface area contributed by atoms with Gasteiger partial charge in [-0.05, 0) is 44.5 Å². The Morgan fingerprint density at radius 1 is 1.24 bits per heavy atom. The normalized spacial score (nSPS) is 10.2. The van der Waals surface area contributed by atoms with E-state index in [0.717, 1.165) is 5.56 Å². The molecule has 0 unspecified atom stereocenters. The van der Waals surface area contributed by atoms with Crippen LogP contribution in [0, 0.1) is 13.8 Å². The van der Waals surface area contributed by atoms with Gasteiger partial charge in [0.05, 0.1) is 0 Å². The molecule has 0 radical (unpaired) electrons. The summed E-state index contributed by atoms with van der Waals surface area (Å²) in [6, 6.07) is 5.08. The van der Waals surface area contributed by atoms with E-state index in [1.54, 1.807) is 25.1 Å². The topological polar surface area (TPSA) is 99.8 Å². The lowest BCUT2D eigenvalue weighted by Crippen LogP contribution is -2.23. The van der Waals surface area contributed by atoms with E-state index in [9.17, 15) is 9.59 Å². The minimum atomic E-state index is -0.395. The first-order valence-electron chi connectivity index (χ1n) is 6.60. The number of benzene rings is 1. The molecule has 2 rings (SSSR count). The molecule has 0 aliphatic heterocycles. The standard InChI is InChI=1S/C14H17N5O2/c1-4-15-13(20)10-5-6-11(8(2)7-10)17-14(21)12-16-9(3)18-19-12/h5-7H,4H2,1-3H3,(H,15,20)(H,17,21)(H,16,18,19). The predicted octanol–water partition coefficient (Wildman–Crippen LogP) is 1.42. The second-order valence-corrected chi connectivity index (χ2v) is 4.59. The number of carbonyl (C=O) groups is 2. The zero-order chi connectivity index (χ0) is 15.4. The molecule has 2 amide bonds. The van der Waals surface area contributed by atoms with E-state index in [4.69, 9.17) is 0 Å². The number of hydrogen-bond donors (Lipinski definition) is 3. The van der Waals surface area contributed by atoms with Gasteiger partial charge in [-0.3, -0.25) is 14.7 Å². The molecule has 1 aromatic heterocycles. The molecular weight excluding hydrogens is 270 g/mol. The molecule has 0 spiro atoms. The van der Waals surface area contributed by atoms with Crippen molar-refractivity contribution in [2.75, 3.05) is 11.9 Å². The Labute approximate surface area is 122 Å². The Kier molecular flexibility index (Phi) is 4.32. The number of hydrogen-bond acceptors (Lipinski definition) is 4. The highest BCUT2D eigenvalue weighted by molar-refractivity contribution is 6.02. The molecule has 0 aliphatic carbocycles. The van der Waals surface area contributed by atoms with Crippen LogP contribution in [0.4, 0.5) is 5.69 Å². The molecular formula is C14H17N5O2. The summed E-state index contributed by atoms with van der Waals surface area (Å²) in [4.78, 5) is 27.7. The number of aromatic nitrogens is 3. The maximum absolute atomic E-state index is 12.0. The summed E-state index contributed by atoms with van der Waals surface area (Å²) in [5.74, 6) is 0.124. The first kappa shape index (κ1) is 14.7. The third-order valence-corrected chi connectivity index (χ3v) is 2.87. The molecule has 0 saturated heterocycles. The van der Waals surface area contributed by atoms with Crippen molar-refractivity contribution < 1.29 is 9.59 Å². The van der Waals surface area contributed by atoms with Gasteiger partial charge in [-0.15, -0.1) is 5.10 Å². The molecule has 0 fully saturated rings. The third kappa shape index (κ3) is 3.44.